The van der Waals surface area contributed by atoms with E-state index in [-0.39, 0.29) is 12.1 Å². The van der Waals surface area contributed by atoms with Crippen LogP contribution in [0.25, 0.3) is 11.0 Å². The highest BCUT2D eigenvalue weighted by Gasteiger charge is 2.31. The molecular weight excluding hydrogens is 377 g/mol. The lowest BCUT2D eigenvalue weighted by Gasteiger charge is -2.33. The van der Waals surface area contributed by atoms with Crippen LogP contribution >= 0.6 is 23.2 Å². The number of nitrogens with one attached hydrogen (secondary N) is 1. The highest BCUT2D eigenvalue weighted by atomic mass is 35.5. The van der Waals surface area contributed by atoms with Crippen LogP contribution in [0.2, 0.25) is 10.0 Å². The molecule has 27 heavy (non-hydrogen) atoms. The maximum Gasteiger partial charge on any atom is 0.204 e. The highest BCUT2D eigenvalue weighted by Crippen LogP contribution is 2.41. The van der Waals surface area contributed by atoms with E-state index in [0.717, 1.165) is 29.0 Å². The van der Waals surface area contributed by atoms with Gasteiger partial charge < -0.3 is 9.88 Å². The highest BCUT2D eigenvalue weighted by molar-refractivity contribution is 6.42. The molecule has 3 nitrogen and oxygen atoms in total. The summed E-state index contributed by atoms with van der Waals surface area (Å²) in [7, 11) is 0. The summed E-state index contributed by atoms with van der Waals surface area (Å²) in [6.07, 6.45) is 0.898. The van der Waals surface area contributed by atoms with Gasteiger partial charge in [-0.15, -0.1) is 0 Å². The summed E-state index contributed by atoms with van der Waals surface area (Å²) in [5.74, 6) is 0.882. The Labute approximate surface area is 167 Å². The Bertz CT molecular complexity index is 1120. The predicted octanol–water partition coefficient (Wildman–Crippen LogP) is 6.49. The second kappa shape index (κ2) is 6.59. The SMILES string of the molecule is Clc1ccc([C@H]2C[C@@H](c3ccccc3)n3c(nc4ccccc43)N2)cc1Cl. The first-order valence-electron chi connectivity index (χ1n) is 8.94. The second-order valence-electron chi connectivity index (χ2n) is 6.83. The van der Waals surface area contributed by atoms with Crippen LogP contribution in [0.1, 0.15) is 29.6 Å². The monoisotopic (exact) mass is 393 g/mol. The first kappa shape index (κ1) is 16.7. The van der Waals surface area contributed by atoms with Crippen LogP contribution in [0.4, 0.5) is 5.95 Å². The molecule has 0 bridgehead atoms. The first-order valence-corrected chi connectivity index (χ1v) is 9.70. The van der Waals surface area contributed by atoms with Gasteiger partial charge in [-0.05, 0) is 41.8 Å². The Kier molecular flexibility index (Phi) is 4.07. The minimum Gasteiger partial charge on any atom is -0.349 e. The predicted molar refractivity (Wildman–Crippen MR) is 112 cm³/mol. The van der Waals surface area contributed by atoms with Crippen molar-refractivity contribution in [3.05, 3.63) is 94.0 Å². The molecule has 3 aromatic carbocycles. The van der Waals surface area contributed by atoms with E-state index < -0.39 is 0 Å². The van der Waals surface area contributed by atoms with Gasteiger partial charge in [0.15, 0.2) is 0 Å². The van der Waals surface area contributed by atoms with Crippen molar-refractivity contribution in [2.24, 2.45) is 0 Å². The van der Waals surface area contributed by atoms with Gasteiger partial charge in [0.05, 0.1) is 33.2 Å². The number of hydrogen-bond donors (Lipinski definition) is 1. The van der Waals surface area contributed by atoms with Gasteiger partial charge in [0, 0.05) is 0 Å². The fourth-order valence-corrected chi connectivity index (χ4v) is 4.22. The van der Waals surface area contributed by atoms with E-state index in [1.165, 1.54) is 5.56 Å². The molecule has 1 aromatic heterocycles. The Morgan fingerprint density at radius 2 is 1.63 bits per heavy atom. The summed E-state index contributed by atoms with van der Waals surface area (Å²) < 4.78 is 2.30. The summed E-state index contributed by atoms with van der Waals surface area (Å²) in [6, 6.07) is 25.0. The third kappa shape index (κ3) is 2.88. The standard InChI is InChI=1S/C22H17Cl2N3/c23-16-11-10-15(12-17(16)24)19-13-21(14-6-2-1-3-7-14)27-20-9-5-4-8-18(20)25-22(27)26-19/h1-12,19,21H,13H2,(H,25,26)/t19-,21+/m1/s1. The van der Waals surface area contributed by atoms with Crippen molar-refractivity contribution in [3.63, 3.8) is 0 Å². The number of hydrogen-bond acceptors (Lipinski definition) is 2. The van der Waals surface area contributed by atoms with E-state index in [2.05, 4.69) is 52.3 Å². The zero-order chi connectivity index (χ0) is 18.4. The molecular formula is C22H17Cl2N3. The number of benzene rings is 3. The molecule has 5 rings (SSSR count). The lowest BCUT2D eigenvalue weighted by Crippen LogP contribution is -2.27. The van der Waals surface area contributed by atoms with Crippen molar-refractivity contribution >= 4 is 40.2 Å². The summed E-state index contributed by atoms with van der Waals surface area (Å²) in [5.41, 5.74) is 4.52. The number of para-hydroxylation sites is 2. The number of nitrogens with zero attached hydrogens (tertiary/aromatic N) is 2. The molecule has 2 atom stereocenters. The summed E-state index contributed by atoms with van der Waals surface area (Å²) in [5, 5.41) is 4.75. The third-order valence-electron chi connectivity index (χ3n) is 5.20. The van der Waals surface area contributed by atoms with Gasteiger partial charge in [0.1, 0.15) is 0 Å². The molecule has 4 aromatic rings. The quantitative estimate of drug-likeness (QED) is 0.421. The van der Waals surface area contributed by atoms with E-state index in [1.807, 2.05) is 30.3 Å². The number of halogens is 2. The fraction of sp³-hybridized carbons (Fsp3) is 0.136. The van der Waals surface area contributed by atoms with E-state index in [0.29, 0.717) is 10.0 Å². The minimum atomic E-state index is 0.106. The van der Waals surface area contributed by atoms with Gasteiger partial charge in [-0.2, -0.15) is 0 Å². The van der Waals surface area contributed by atoms with Gasteiger partial charge in [-0.25, -0.2) is 4.98 Å². The zero-order valence-electron chi connectivity index (χ0n) is 14.4. The molecule has 5 heteroatoms. The average Bonchev–Trinajstić information content (AvgIpc) is 3.08. The molecule has 0 saturated heterocycles. The lowest BCUT2D eigenvalue weighted by atomic mass is 9.93. The third-order valence-corrected chi connectivity index (χ3v) is 5.94. The number of aromatic nitrogens is 2. The van der Waals surface area contributed by atoms with Crippen LogP contribution in [0, 0.1) is 0 Å². The van der Waals surface area contributed by atoms with Gasteiger partial charge in [0.2, 0.25) is 5.95 Å². The number of rotatable bonds is 2. The maximum atomic E-state index is 6.27. The molecule has 0 spiro atoms. The Hall–Kier alpha value is -2.49. The molecule has 0 amide bonds. The van der Waals surface area contributed by atoms with Crippen molar-refractivity contribution < 1.29 is 0 Å². The number of fused-ring (bicyclic) bond motifs is 3. The van der Waals surface area contributed by atoms with Crippen LogP contribution in [0.5, 0.6) is 0 Å². The van der Waals surface area contributed by atoms with Gasteiger partial charge >= 0.3 is 0 Å². The van der Waals surface area contributed by atoms with Crippen LogP contribution in [-0.4, -0.2) is 9.55 Å². The smallest absolute Gasteiger partial charge is 0.204 e. The van der Waals surface area contributed by atoms with Crippen molar-refractivity contribution in [2.75, 3.05) is 5.32 Å². The number of anilines is 1. The van der Waals surface area contributed by atoms with Crippen molar-refractivity contribution in [2.45, 2.75) is 18.5 Å². The van der Waals surface area contributed by atoms with E-state index >= 15 is 0 Å². The van der Waals surface area contributed by atoms with Gasteiger partial charge in [0.25, 0.3) is 0 Å². The minimum absolute atomic E-state index is 0.106. The van der Waals surface area contributed by atoms with Gasteiger partial charge in [-0.1, -0.05) is 71.7 Å². The molecule has 0 aliphatic carbocycles. The summed E-state index contributed by atoms with van der Waals surface area (Å²) >= 11 is 12.4. The zero-order valence-corrected chi connectivity index (χ0v) is 16.0. The number of imidazole rings is 1. The Balaban J connectivity index is 1.66. The van der Waals surface area contributed by atoms with E-state index in [4.69, 9.17) is 28.2 Å². The van der Waals surface area contributed by atoms with Crippen molar-refractivity contribution in [3.8, 4) is 0 Å². The second-order valence-corrected chi connectivity index (χ2v) is 7.64. The average molecular weight is 394 g/mol. The fourth-order valence-electron chi connectivity index (χ4n) is 3.91. The van der Waals surface area contributed by atoms with Crippen LogP contribution in [-0.2, 0) is 0 Å². The van der Waals surface area contributed by atoms with Crippen molar-refractivity contribution in [1.29, 1.82) is 0 Å². The van der Waals surface area contributed by atoms with E-state index in [1.54, 1.807) is 0 Å². The van der Waals surface area contributed by atoms with Gasteiger partial charge in [-0.3, -0.25) is 0 Å². The normalized spacial score (nSPS) is 18.9. The molecule has 1 aliphatic heterocycles. The molecule has 0 saturated carbocycles. The first-order chi connectivity index (χ1) is 13.2. The molecule has 2 heterocycles. The molecule has 0 fully saturated rings. The summed E-state index contributed by atoms with van der Waals surface area (Å²) in [6.45, 7) is 0. The largest absolute Gasteiger partial charge is 0.349 e. The molecule has 1 N–H and O–H groups in total. The molecule has 0 radical (unpaired) electrons. The molecule has 134 valence electrons. The summed E-state index contributed by atoms with van der Waals surface area (Å²) in [4.78, 5) is 4.84. The van der Waals surface area contributed by atoms with Crippen molar-refractivity contribution in [1.82, 2.24) is 9.55 Å². The topological polar surface area (TPSA) is 29.9 Å². The molecule has 0 unspecified atom stereocenters. The van der Waals surface area contributed by atoms with Crippen LogP contribution in [0.15, 0.2) is 72.8 Å². The lowest BCUT2D eigenvalue weighted by molar-refractivity contribution is 0.477. The molecule has 1 aliphatic rings. The maximum absolute atomic E-state index is 6.27. The Morgan fingerprint density at radius 1 is 0.852 bits per heavy atom. The van der Waals surface area contributed by atoms with Crippen LogP contribution in [0.3, 0.4) is 0 Å². The van der Waals surface area contributed by atoms with Crippen LogP contribution < -0.4 is 5.32 Å². The Morgan fingerprint density at radius 3 is 2.44 bits per heavy atom. The van der Waals surface area contributed by atoms with E-state index in [9.17, 15) is 0 Å².